The summed E-state index contributed by atoms with van der Waals surface area (Å²) in [7, 11) is 2.05. The van der Waals surface area contributed by atoms with Crippen molar-refractivity contribution in [1.29, 1.82) is 0 Å². The SMILES string of the molecule is Cn1ccc2cc(C3CC3NCC3(F)CCN(C(=O)OCc4ccccc4)CC3)ccc21. The van der Waals surface area contributed by atoms with Crippen LogP contribution in [-0.4, -0.2) is 46.9 Å². The third kappa shape index (κ3) is 4.51. The molecule has 2 aliphatic rings. The maximum Gasteiger partial charge on any atom is 0.410 e. The van der Waals surface area contributed by atoms with E-state index in [1.54, 1.807) is 4.90 Å². The molecule has 0 bridgehead atoms. The summed E-state index contributed by atoms with van der Waals surface area (Å²) in [5, 5.41) is 4.70. The van der Waals surface area contributed by atoms with Crippen LogP contribution in [0, 0.1) is 0 Å². The first-order chi connectivity index (χ1) is 15.5. The number of hydrogen-bond acceptors (Lipinski definition) is 3. The van der Waals surface area contributed by atoms with Gasteiger partial charge in [0.25, 0.3) is 0 Å². The third-order valence-corrected chi connectivity index (χ3v) is 6.93. The maximum absolute atomic E-state index is 15.3. The number of amides is 1. The fourth-order valence-corrected chi connectivity index (χ4v) is 4.71. The molecule has 1 N–H and O–H groups in total. The molecular formula is C26H30FN3O2. The first-order valence-corrected chi connectivity index (χ1v) is 11.4. The lowest BCUT2D eigenvalue weighted by Gasteiger charge is -2.36. The first kappa shape index (κ1) is 21.0. The number of ether oxygens (including phenoxy) is 1. The van der Waals surface area contributed by atoms with E-state index < -0.39 is 5.67 Å². The summed E-state index contributed by atoms with van der Waals surface area (Å²) in [4.78, 5) is 13.9. The van der Waals surface area contributed by atoms with Crippen LogP contribution in [-0.2, 0) is 18.4 Å². The summed E-state index contributed by atoms with van der Waals surface area (Å²) < 4.78 is 22.9. The quantitative estimate of drug-likeness (QED) is 0.607. The molecule has 1 amide bonds. The number of rotatable bonds is 6. The standard InChI is InChI=1S/C26H30FN3O2/c1-29-12-9-21-15-20(7-8-24(21)29)22-16-23(22)28-18-26(27)10-13-30(14-11-26)25(31)32-17-19-5-3-2-4-6-19/h2-9,12,15,22-23,28H,10-11,13-14,16-18H2,1H3. The van der Waals surface area contributed by atoms with Gasteiger partial charge in [0.05, 0.1) is 0 Å². The summed E-state index contributed by atoms with van der Waals surface area (Å²) in [6.45, 7) is 1.38. The van der Waals surface area contributed by atoms with E-state index in [2.05, 4.69) is 47.4 Å². The van der Waals surface area contributed by atoms with Crippen LogP contribution < -0.4 is 5.32 Å². The molecule has 32 heavy (non-hydrogen) atoms. The van der Waals surface area contributed by atoms with E-state index in [-0.39, 0.29) is 12.7 Å². The summed E-state index contributed by atoms with van der Waals surface area (Å²) in [5.41, 5.74) is 2.24. The van der Waals surface area contributed by atoms with E-state index >= 15 is 4.39 Å². The minimum Gasteiger partial charge on any atom is -0.445 e. The van der Waals surface area contributed by atoms with Gasteiger partial charge < -0.3 is 19.5 Å². The number of halogens is 1. The Hall–Kier alpha value is -2.86. The van der Waals surface area contributed by atoms with E-state index in [9.17, 15) is 4.79 Å². The van der Waals surface area contributed by atoms with Crippen molar-refractivity contribution in [1.82, 2.24) is 14.8 Å². The highest BCUT2D eigenvalue weighted by Gasteiger charge is 2.42. The smallest absolute Gasteiger partial charge is 0.410 e. The van der Waals surface area contributed by atoms with Crippen LogP contribution in [0.5, 0.6) is 0 Å². The molecule has 1 saturated carbocycles. The monoisotopic (exact) mass is 435 g/mol. The highest BCUT2D eigenvalue weighted by atomic mass is 19.1. The van der Waals surface area contributed by atoms with Gasteiger partial charge in [-0.2, -0.15) is 0 Å². The molecule has 1 aliphatic carbocycles. The molecule has 2 aromatic carbocycles. The van der Waals surface area contributed by atoms with Gasteiger partial charge in [0.1, 0.15) is 12.3 Å². The average Bonchev–Trinajstić information content (AvgIpc) is 3.52. The number of carbonyl (C=O) groups excluding carboxylic acids is 1. The summed E-state index contributed by atoms with van der Waals surface area (Å²) in [5.74, 6) is 0.455. The predicted molar refractivity (Wildman–Crippen MR) is 123 cm³/mol. The van der Waals surface area contributed by atoms with Crippen molar-refractivity contribution in [3.05, 3.63) is 71.9 Å². The van der Waals surface area contributed by atoms with E-state index in [1.165, 1.54) is 16.5 Å². The van der Waals surface area contributed by atoms with Crippen LogP contribution >= 0.6 is 0 Å². The van der Waals surface area contributed by atoms with Crippen LogP contribution in [0.2, 0.25) is 0 Å². The fourth-order valence-electron chi connectivity index (χ4n) is 4.71. The van der Waals surface area contributed by atoms with Crippen molar-refractivity contribution >= 4 is 17.0 Å². The van der Waals surface area contributed by atoms with E-state index in [1.807, 2.05) is 30.3 Å². The van der Waals surface area contributed by atoms with Gasteiger partial charge in [-0.15, -0.1) is 0 Å². The van der Waals surface area contributed by atoms with Crippen molar-refractivity contribution in [3.63, 3.8) is 0 Å². The molecule has 2 atom stereocenters. The van der Waals surface area contributed by atoms with E-state index in [0.29, 0.717) is 44.4 Å². The third-order valence-electron chi connectivity index (χ3n) is 6.93. The Morgan fingerprint density at radius 2 is 1.94 bits per heavy atom. The fraction of sp³-hybridized carbons (Fsp3) is 0.423. The summed E-state index contributed by atoms with van der Waals surface area (Å²) in [6, 6.07) is 18.7. The zero-order chi connectivity index (χ0) is 22.1. The highest BCUT2D eigenvalue weighted by Crippen LogP contribution is 2.42. The van der Waals surface area contributed by atoms with Gasteiger partial charge in [-0.3, -0.25) is 0 Å². The lowest BCUT2D eigenvalue weighted by atomic mass is 9.93. The molecule has 6 heteroatoms. The number of fused-ring (bicyclic) bond motifs is 1. The van der Waals surface area contributed by atoms with Crippen molar-refractivity contribution in [2.24, 2.45) is 7.05 Å². The van der Waals surface area contributed by atoms with Gasteiger partial charge in [-0.05, 0) is 41.1 Å². The molecule has 5 rings (SSSR count). The number of hydrogen-bond donors (Lipinski definition) is 1. The second-order valence-electron chi connectivity index (χ2n) is 9.25. The molecular weight excluding hydrogens is 405 g/mol. The van der Waals surface area contributed by atoms with Crippen molar-refractivity contribution in [2.45, 2.75) is 43.5 Å². The second kappa shape index (κ2) is 8.58. The Bertz CT molecular complexity index is 1090. The number of carbonyl (C=O) groups is 1. The molecule has 2 unspecified atom stereocenters. The van der Waals surface area contributed by atoms with Crippen LogP contribution in [0.3, 0.4) is 0 Å². The molecule has 5 nitrogen and oxygen atoms in total. The Morgan fingerprint density at radius 3 is 2.72 bits per heavy atom. The van der Waals surface area contributed by atoms with Crippen molar-refractivity contribution < 1.29 is 13.9 Å². The molecule has 1 saturated heterocycles. The van der Waals surface area contributed by atoms with Crippen LogP contribution in [0.15, 0.2) is 60.8 Å². The first-order valence-electron chi connectivity index (χ1n) is 11.4. The number of aromatic nitrogens is 1. The van der Waals surface area contributed by atoms with E-state index in [4.69, 9.17) is 4.74 Å². The van der Waals surface area contributed by atoms with Crippen molar-refractivity contribution in [3.8, 4) is 0 Å². The molecule has 1 aromatic heterocycles. The number of likely N-dealkylation sites (tertiary alicyclic amines) is 1. The minimum atomic E-state index is -1.27. The maximum atomic E-state index is 15.3. The normalized spacial score (nSPS) is 22.1. The molecule has 1 aliphatic heterocycles. The number of piperidine rings is 1. The lowest BCUT2D eigenvalue weighted by Crippen LogP contribution is -2.49. The zero-order valence-corrected chi connectivity index (χ0v) is 18.5. The van der Waals surface area contributed by atoms with Gasteiger partial charge in [0.2, 0.25) is 0 Å². The predicted octanol–water partition coefficient (Wildman–Crippen LogP) is 4.76. The Morgan fingerprint density at radius 1 is 1.16 bits per heavy atom. The number of nitrogens with one attached hydrogen (secondary N) is 1. The minimum absolute atomic E-state index is 0.246. The Balaban J connectivity index is 1.07. The van der Waals surface area contributed by atoms with Gasteiger partial charge in [-0.25, -0.2) is 9.18 Å². The topological polar surface area (TPSA) is 46.5 Å². The largest absolute Gasteiger partial charge is 0.445 e. The van der Waals surface area contributed by atoms with Crippen LogP contribution in [0.25, 0.3) is 10.9 Å². The number of benzene rings is 2. The molecule has 0 spiro atoms. The van der Waals surface area contributed by atoms with Crippen LogP contribution in [0.4, 0.5) is 9.18 Å². The number of aryl methyl sites for hydroxylation is 1. The highest BCUT2D eigenvalue weighted by molar-refractivity contribution is 5.81. The molecule has 2 heterocycles. The second-order valence-corrected chi connectivity index (χ2v) is 9.25. The summed E-state index contributed by atoms with van der Waals surface area (Å²) in [6.07, 6.45) is 3.45. The van der Waals surface area contributed by atoms with Gasteiger partial charge in [0, 0.05) is 63.2 Å². The number of alkyl halides is 1. The van der Waals surface area contributed by atoms with Crippen LogP contribution in [0.1, 0.15) is 36.3 Å². The summed E-state index contributed by atoms with van der Waals surface area (Å²) >= 11 is 0. The molecule has 2 fully saturated rings. The molecule has 3 aromatic rings. The van der Waals surface area contributed by atoms with E-state index in [0.717, 1.165) is 12.0 Å². The lowest BCUT2D eigenvalue weighted by molar-refractivity contribution is 0.0408. The zero-order valence-electron chi connectivity index (χ0n) is 18.5. The Labute approximate surface area is 188 Å². The number of nitrogens with zero attached hydrogens (tertiary/aromatic N) is 2. The van der Waals surface area contributed by atoms with Crippen molar-refractivity contribution in [2.75, 3.05) is 19.6 Å². The molecule has 168 valence electrons. The van der Waals surface area contributed by atoms with Gasteiger partial charge in [-0.1, -0.05) is 36.4 Å². The molecule has 0 radical (unpaired) electrons. The Kier molecular flexibility index (Phi) is 5.64. The van der Waals surface area contributed by atoms with Gasteiger partial charge in [0.15, 0.2) is 0 Å². The van der Waals surface area contributed by atoms with Gasteiger partial charge >= 0.3 is 6.09 Å². The average molecular weight is 436 g/mol.